The zero-order valence-electron chi connectivity index (χ0n) is 15.0. The minimum atomic E-state index is -0.743. The lowest BCUT2D eigenvalue weighted by molar-refractivity contribution is -0.127. The number of phenols is 1. The number of amides is 4. The van der Waals surface area contributed by atoms with Crippen molar-refractivity contribution in [2.75, 3.05) is 19.0 Å². The molecular formula is C19H15Cl2N3O5. The summed E-state index contributed by atoms with van der Waals surface area (Å²) in [5.41, 5.74) is 0.746. The van der Waals surface area contributed by atoms with Crippen LogP contribution in [-0.4, -0.2) is 41.5 Å². The minimum absolute atomic E-state index is 0.00540. The van der Waals surface area contributed by atoms with Crippen LogP contribution in [0.1, 0.15) is 5.56 Å². The van der Waals surface area contributed by atoms with E-state index in [1.807, 2.05) is 0 Å². The summed E-state index contributed by atoms with van der Waals surface area (Å²) in [7, 11) is 1.46. The van der Waals surface area contributed by atoms with Gasteiger partial charge in [0.05, 0.1) is 22.8 Å². The Bertz CT molecular complexity index is 1020. The van der Waals surface area contributed by atoms with E-state index in [1.54, 1.807) is 24.3 Å². The molecule has 1 aliphatic rings. The quantitative estimate of drug-likeness (QED) is 0.493. The Kier molecular flexibility index (Phi) is 5.95. The highest BCUT2D eigenvalue weighted by Crippen LogP contribution is 2.33. The lowest BCUT2D eigenvalue weighted by Gasteiger charge is -2.13. The second kappa shape index (κ2) is 8.42. The van der Waals surface area contributed by atoms with Gasteiger partial charge in [0.15, 0.2) is 5.75 Å². The lowest BCUT2D eigenvalue weighted by Crippen LogP contribution is -2.38. The van der Waals surface area contributed by atoms with Crippen molar-refractivity contribution < 1.29 is 24.2 Å². The van der Waals surface area contributed by atoms with Gasteiger partial charge in [0.1, 0.15) is 18.0 Å². The summed E-state index contributed by atoms with van der Waals surface area (Å²) in [4.78, 5) is 37.7. The molecule has 0 atom stereocenters. The number of hydrogen-bond donors (Lipinski definition) is 3. The number of phenolic OH excluding ortho intramolecular Hbond substituents is 1. The fourth-order valence-corrected chi connectivity index (χ4v) is 3.14. The van der Waals surface area contributed by atoms with Crippen molar-refractivity contribution in [2.45, 2.75) is 0 Å². The summed E-state index contributed by atoms with van der Waals surface area (Å²) in [6, 6.07) is 8.77. The number of methoxy groups -OCH3 is 1. The third kappa shape index (κ3) is 4.44. The number of para-hydroxylation sites is 2. The largest absolute Gasteiger partial charge is 0.505 e. The fraction of sp³-hybridized carbons (Fsp3) is 0.105. The molecule has 0 saturated carbocycles. The SMILES string of the molecule is COc1ccccc1NC(=O)CN1C(=O)N/C(=C/c2cc(Cl)c(O)c(Cl)c2)C1=O. The van der Waals surface area contributed by atoms with E-state index in [9.17, 15) is 19.5 Å². The molecule has 29 heavy (non-hydrogen) atoms. The topological polar surface area (TPSA) is 108 Å². The third-order valence-electron chi connectivity index (χ3n) is 4.00. The van der Waals surface area contributed by atoms with Gasteiger partial charge in [-0.2, -0.15) is 0 Å². The molecule has 3 rings (SSSR count). The zero-order chi connectivity index (χ0) is 21.1. The summed E-state index contributed by atoms with van der Waals surface area (Å²) >= 11 is 11.7. The molecule has 0 aliphatic carbocycles. The normalized spacial score (nSPS) is 14.9. The van der Waals surface area contributed by atoms with Crippen LogP contribution in [-0.2, 0) is 9.59 Å². The number of halogens is 2. The molecule has 150 valence electrons. The van der Waals surface area contributed by atoms with Crippen molar-refractivity contribution >= 4 is 52.8 Å². The lowest BCUT2D eigenvalue weighted by atomic mass is 10.2. The van der Waals surface area contributed by atoms with E-state index in [-0.39, 0.29) is 21.5 Å². The van der Waals surface area contributed by atoms with Gasteiger partial charge in [-0.25, -0.2) is 9.69 Å². The molecule has 4 amide bonds. The van der Waals surface area contributed by atoms with E-state index in [1.165, 1.54) is 25.3 Å². The van der Waals surface area contributed by atoms with Crippen LogP contribution in [0.15, 0.2) is 42.1 Å². The molecule has 2 aromatic rings. The Balaban J connectivity index is 1.74. The van der Waals surface area contributed by atoms with Gasteiger partial charge in [0.2, 0.25) is 5.91 Å². The number of carbonyl (C=O) groups excluding carboxylic acids is 3. The monoisotopic (exact) mass is 435 g/mol. The highest BCUT2D eigenvalue weighted by molar-refractivity contribution is 6.37. The number of nitrogens with one attached hydrogen (secondary N) is 2. The molecule has 1 fully saturated rings. The van der Waals surface area contributed by atoms with Crippen LogP contribution < -0.4 is 15.4 Å². The number of benzene rings is 2. The van der Waals surface area contributed by atoms with E-state index < -0.39 is 24.4 Å². The first-order chi connectivity index (χ1) is 13.8. The number of ether oxygens (including phenoxy) is 1. The number of rotatable bonds is 5. The summed E-state index contributed by atoms with van der Waals surface area (Å²) in [6.07, 6.45) is 1.34. The third-order valence-corrected chi connectivity index (χ3v) is 4.57. The number of aromatic hydroxyl groups is 1. The smallest absolute Gasteiger partial charge is 0.329 e. The summed E-state index contributed by atoms with van der Waals surface area (Å²) in [5.74, 6) is -1.10. The van der Waals surface area contributed by atoms with Gasteiger partial charge in [-0.3, -0.25) is 9.59 Å². The summed E-state index contributed by atoms with van der Waals surface area (Å²) < 4.78 is 5.15. The molecule has 0 radical (unpaired) electrons. The molecule has 1 heterocycles. The van der Waals surface area contributed by atoms with Crippen molar-refractivity contribution in [3.05, 3.63) is 57.7 Å². The van der Waals surface area contributed by atoms with Gasteiger partial charge >= 0.3 is 6.03 Å². The predicted molar refractivity (Wildman–Crippen MR) is 108 cm³/mol. The standard InChI is InChI=1S/C19H15Cl2N3O5/c1-29-15-5-3-2-4-13(15)22-16(25)9-24-18(27)14(23-19(24)28)8-10-6-11(20)17(26)12(21)7-10/h2-8,26H,9H2,1H3,(H,22,25)(H,23,28)/b14-8+. The van der Waals surface area contributed by atoms with Crippen LogP contribution in [0.4, 0.5) is 10.5 Å². The summed E-state index contributed by atoms with van der Waals surface area (Å²) in [5, 5.41) is 14.6. The first-order valence-electron chi connectivity index (χ1n) is 8.25. The molecule has 1 aliphatic heterocycles. The predicted octanol–water partition coefficient (Wildman–Crippen LogP) is 3.24. The average Bonchev–Trinajstić information content (AvgIpc) is 2.93. The van der Waals surface area contributed by atoms with Gasteiger partial charge < -0.3 is 20.5 Å². The van der Waals surface area contributed by atoms with Crippen LogP contribution in [0.25, 0.3) is 6.08 Å². The first kappa shape index (κ1) is 20.5. The Hall–Kier alpha value is -3.23. The maximum absolute atomic E-state index is 12.5. The van der Waals surface area contributed by atoms with Crippen molar-refractivity contribution in [2.24, 2.45) is 0 Å². The number of urea groups is 1. The zero-order valence-corrected chi connectivity index (χ0v) is 16.5. The van der Waals surface area contributed by atoms with Gasteiger partial charge in [-0.1, -0.05) is 35.3 Å². The van der Waals surface area contributed by atoms with E-state index in [2.05, 4.69) is 10.6 Å². The highest BCUT2D eigenvalue weighted by Gasteiger charge is 2.35. The van der Waals surface area contributed by atoms with E-state index in [0.717, 1.165) is 4.90 Å². The van der Waals surface area contributed by atoms with Gasteiger partial charge in [0, 0.05) is 0 Å². The van der Waals surface area contributed by atoms with Crippen LogP contribution >= 0.6 is 23.2 Å². The summed E-state index contributed by atoms with van der Waals surface area (Å²) in [6.45, 7) is -0.489. The molecular weight excluding hydrogens is 421 g/mol. The number of carbonyl (C=O) groups is 3. The van der Waals surface area contributed by atoms with E-state index in [0.29, 0.717) is 17.0 Å². The van der Waals surface area contributed by atoms with Crippen LogP contribution in [0.3, 0.4) is 0 Å². The average molecular weight is 436 g/mol. The van der Waals surface area contributed by atoms with Crippen molar-refractivity contribution in [1.82, 2.24) is 10.2 Å². The fourth-order valence-electron chi connectivity index (χ4n) is 2.63. The van der Waals surface area contributed by atoms with E-state index >= 15 is 0 Å². The Labute approximate surface area is 175 Å². The molecule has 0 spiro atoms. The van der Waals surface area contributed by atoms with Crippen LogP contribution in [0, 0.1) is 0 Å². The molecule has 3 N–H and O–H groups in total. The molecule has 0 aromatic heterocycles. The number of hydrogen-bond acceptors (Lipinski definition) is 5. The van der Waals surface area contributed by atoms with E-state index in [4.69, 9.17) is 27.9 Å². The molecule has 8 nitrogen and oxygen atoms in total. The Morgan fingerprint density at radius 3 is 2.55 bits per heavy atom. The van der Waals surface area contributed by atoms with Crippen molar-refractivity contribution in [1.29, 1.82) is 0 Å². The van der Waals surface area contributed by atoms with Gasteiger partial charge in [-0.05, 0) is 35.9 Å². The maximum Gasteiger partial charge on any atom is 0.329 e. The Morgan fingerprint density at radius 1 is 1.24 bits per heavy atom. The molecule has 0 unspecified atom stereocenters. The van der Waals surface area contributed by atoms with Gasteiger partial charge in [-0.15, -0.1) is 0 Å². The molecule has 2 aromatic carbocycles. The maximum atomic E-state index is 12.5. The minimum Gasteiger partial charge on any atom is -0.505 e. The van der Waals surface area contributed by atoms with Crippen LogP contribution in [0.2, 0.25) is 10.0 Å². The second-order valence-corrected chi connectivity index (χ2v) is 6.78. The number of anilines is 1. The van der Waals surface area contributed by atoms with Crippen molar-refractivity contribution in [3.63, 3.8) is 0 Å². The van der Waals surface area contributed by atoms with Crippen LogP contribution in [0.5, 0.6) is 11.5 Å². The second-order valence-electron chi connectivity index (χ2n) is 5.96. The van der Waals surface area contributed by atoms with Crippen molar-refractivity contribution in [3.8, 4) is 11.5 Å². The molecule has 1 saturated heterocycles. The molecule has 10 heteroatoms. The first-order valence-corrected chi connectivity index (χ1v) is 9.01. The number of imide groups is 1. The van der Waals surface area contributed by atoms with Gasteiger partial charge in [0.25, 0.3) is 5.91 Å². The highest BCUT2D eigenvalue weighted by atomic mass is 35.5. The Morgan fingerprint density at radius 2 is 1.90 bits per heavy atom. The number of nitrogens with zero attached hydrogens (tertiary/aromatic N) is 1. The molecule has 0 bridgehead atoms.